The van der Waals surface area contributed by atoms with E-state index in [1.165, 1.54) is 5.56 Å². The van der Waals surface area contributed by atoms with Crippen molar-refractivity contribution in [2.75, 3.05) is 18.0 Å². The van der Waals surface area contributed by atoms with Gasteiger partial charge < -0.3 is 9.80 Å². The number of rotatable bonds is 5. The number of likely N-dealkylation sites (tertiary alicyclic amines) is 1. The van der Waals surface area contributed by atoms with Gasteiger partial charge in [0, 0.05) is 42.9 Å². The topological polar surface area (TPSA) is 78.0 Å². The number of imide groups is 1. The summed E-state index contributed by atoms with van der Waals surface area (Å²) < 4.78 is 0. The Morgan fingerprint density at radius 1 is 0.906 bits per heavy atom. The molecule has 5 rings (SSSR count). The van der Waals surface area contributed by atoms with Crippen LogP contribution in [-0.2, 0) is 16.1 Å². The highest BCUT2D eigenvalue weighted by atomic mass is 16.2. The molecule has 0 aliphatic carbocycles. The molecule has 2 saturated heterocycles. The maximum Gasteiger partial charge on any atom is 0.256 e. The third kappa shape index (κ3) is 3.47. The number of piperidine rings is 1. The maximum atomic E-state index is 12.9. The Balaban J connectivity index is 1.27. The molecule has 3 aliphatic rings. The molecule has 2 aromatic rings. The third-order valence-corrected chi connectivity index (χ3v) is 7.02. The van der Waals surface area contributed by atoms with Gasteiger partial charge in [-0.1, -0.05) is 12.1 Å². The van der Waals surface area contributed by atoms with Crippen LogP contribution in [-0.4, -0.2) is 53.6 Å². The van der Waals surface area contributed by atoms with Gasteiger partial charge in [-0.2, -0.15) is 0 Å². The lowest BCUT2D eigenvalue weighted by Gasteiger charge is -2.34. The van der Waals surface area contributed by atoms with Gasteiger partial charge >= 0.3 is 0 Å². The van der Waals surface area contributed by atoms with E-state index in [0.717, 1.165) is 48.4 Å². The summed E-state index contributed by atoms with van der Waals surface area (Å²) in [6.45, 7) is 2.31. The van der Waals surface area contributed by atoms with Crippen molar-refractivity contribution < 1.29 is 19.2 Å². The van der Waals surface area contributed by atoms with Crippen molar-refractivity contribution in [3.63, 3.8) is 0 Å². The molecule has 7 nitrogen and oxygen atoms in total. The fraction of sp³-hybridized carbons (Fsp3) is 0.360. The standard InChI is InChI=1S/C25H25N3O4/c29-15-17-1-4-21(5-2-17)26-11-9-18(10-12-26)19-3-6-22-20(13-19)14-27(25(22)32)23-7-8-24(31)28(23)16-30/h1-6,13,15-16,18,23H,7-12,14H2. The highest BCUT2D eigenvalue weighted by molar-refractivity contribution is 5.99. The molecule has 0 spiro atoms. The SMILES string of the molecule is O=Cc1ccc(N2CCC(c3ccc4c(c3)CN(C3CCC(=O)N3C=O)C4=O)CC2)cc1. The number of carbonyl (C=O) groups excluding carboxylic acids is 4. The number of fused-ring (bicyclic) bond motifs is 1. The summed E-state index contributed by atoms with van der Waals surface area (Å²) in [6.07, 6.45) is 3.75. The largest absolute Gasteiger partial charge is 0.371 e. The van der Waals surface area contributed by atoms with E-state index in [4.69, 9.17) is 0 Å². The summed E-state index contributed by atoms with van der Waals surface area (Å²) in [7, 11) is 0. The molecule has 0 aromatic heterocycles. The van der Waals surface area contributed by atoms with E-state index in [9.17, 15) is 19.2 Å². The Kier molecular flexibility index (Phi) is 5.25. The molecule has 0 radical (unpaired) electrons. The predicted octanol–water partition coefficient (Wildman–Crippen LogP) is 2.94. The van der Waals surface area contributed by atoms with Crippen LogP contribution in [0.15, 0.2) is 42.5 Å². The minimum absolute atomic E-state index is 0.105. The third-order valence-electron chi connectivity index (χ3n) is 7.02. The Morgan fingerprint density at radius 2 is 1.66 bits per heavy atom. The van der Waals surface area contributed by atoms with Crippen LogP contribution >= 0.6 is 0 Å². The van der Waals surface area contributed by atoms with E-state index >= 15 is 0 Å². The number of aldehydes is 1. The first-order valence-electron chi connectivity index (χ1n) is 11.1. The normalized spacial score (nSPS) is 21.2. The molecule has 164 valence electrons. The number of amides is 3. The predicted molar refractivity (Wildman–Crippen MR) is 118 cm³/mol. The van der Waals surface area contributed by atoms with E-state index in [1.807, 2.05) is 30.3 Å². The molecule has 0 saturated carbocycles. The van der Waals surface area contributed by atoms with Gasteiger partial charge in [-0.3, -0.25) is 24.1 Å². The van der Waals surface area contributed by atoms with Gasteiger partial charge in [0.15, 0.2) is 0 Å². The van der Waals surface area contributed by atoms with Crippen molar-refractivity contribution in [3.05, 3.63) is 64.7 Å². The van der Waals surface area contributed by atoms with Crippen LogP contribution in [0.25, 0.3) is 0 Å². The molecule has 3 heterocycles. The van der Waals surface area contributed by atoms with Crippen LogP contribution in [0.2, 0.25) is 0 Å². The van der Waals surface area contributed by atoms with Crippen LogP contribution in [0.4, 0.5) is 5.69 Å². The molecular weight excluding hydrogens is 406 g/mol. The zero-order valence-electron chi connectivity index (χ0n) is 17.8. The van der Waals surface area contributed by atoms with Crippen LogP contribution in [0, 0.1) is 0 Å². The molecule has 0 N–H and O–H groups in total. The molecule has 2 aromatic carbocycles. The van der Waals surface area contributed by atoms with Crippen LogP contribution < -0.4 is 4.90 Å². The molecular formula is C25H25N3O4. The van der Waals surface area contributed by atoms with Crippen molar-refractivity contribution in [1.82, 2.24) is 9.80 Å². The molecule has 7 heteroatoms. The van der Waals surface area contributed by atoms with E-state index in [0.29, 0.717) is 42.8 Å². The lowest BCUT2D eigenvalue weighted by molar-refractivity contribution is -0.138. The second-order valence-corrected chi connectivity index (χ2v) is 8.75. The molecule has 3 aliphatic heterocycles. The quantitative estimate of drug-likeness (QED) is 0.681. The minimum atomic E-state index is -0.475. The second kappa shape index (κ2) is 8.22. The maximum absolute atomic E-state index is 12.9. The smallest absolute Gasteiger partial charge is 0.256 e. The van der Waals surface area contributed by atoms with Crippen LogP contribution in [0.3, 0.4) is 0 Å². The zero-order valence-corrected chi connectivity index (χ0v) is 17.8. The first-order chi connectivity index (χ1) is 15.6. The van der Waals surface area contributed by atoms with Gasteiger partial charge in [-0.15, -0.1) is 0 Å². The Morgan fingerprint density at radius 3 is 2.34 bits per heavy atom. The number of anilines is 1. The summed E-state index contributed by atoms with van der Waals surface area (Å²) in [6, 6.07) is 13.8. The first kappa shape index (κ1) is 20.4. The number of nitrogens with zero attached hydrogens (tertiary/aromatic N) is 3. The monoisotopic (exact) mass is 431 g/mol. The lowest BCUT2D eigenvalue weighted by atomic mass is 9.87. The summed E-state index contributed by atoms with van der Waals surface area (Å²) in [5.74, 6) is 0.100. The van der Waals surface area contributed by atoms with Gasteiger partial charge in [0.1, 0.15) is 12.5 Å². The number of hydrogen-bond donors (Lipinski definition) is 0. The van der Waals surface area contributed by atoms with Crippen LogP contribution in [0.5, 0.6) is 0 Å². The van der Waals surface area contributed by atoms with Crippen molar-refractivity contribution in [2.45, 2.75) is 44.3 Å². The average molecular weight is 431 g/mol. The Bertz CT molecular complexity index is 1070. The summed E-state index contributed by atoms with van der Waals surface area (Å²) in [4.78, 5) is 52.2. The van der Waals surface area contributed by atoms with Crippen LogP contribution in [0.1, 0.15) is 63.4 Å². The molecule has 3 amide bonds. The first-order valence-corrected chi connectivity index (χ1v) is 11.1. The molecule has 32 heavy (non-hydrogen) atoms. The van der Waals surface area contributed by atoms with E-state index in [1.54, 1.807) is 4.90 Å². The number of hydrogen-bond acceptors (Lipinski definition) is 5. The van der Waals surface area contributed by atoms with Crippen molar-refractivity contribution in [2.24, 2.45) is 0 Å². The fourth-order valence-corrected chi connectivity index (χ4v) is 5.21. The van der Waals surface area contributed by atoms with Gasteiger partial charge in [0.05, 0.1) is 0 Å². The number of benzene rings is 2. The molecule has 0 bridgehead atoms. The average Bonchev–Trinajstić information content (AvgIpc) is 3.37. The van der Waals surface area contributed by atoms with Gasteiger partial charge in [-0.25, -0.2) is 0 Å². The summed E-state index contributed by atoms with van der Waals surface area (Å²) in [5.41, 5.74) is 4.71. The highest BCUT2D eigenvalue weighted by Gasteiger charge is 2.41. The minimum Gasteiger partial charge on any atom is -0.371 e. The number of carbonyl (C=O) groups is 4. The van der Waals surface area contributed by atoms with Gasteiger partial charge in [0.25, 0.3) is 5.91 Å². The van der Waals surface area contributed by atoms with E-state index < -0.39 is 6.17 Å². The Labute approximate surface area is 186 Å². The van der Waals surface area contributed by atoms with Crippen molar-refractivity contribution in [3.8, 4) is 0 Å². The molecule has 2 fully saturated rings. The highest BCUT2D eigenvalue weighted by Crippen LogP contribution is 2.35. The fourth-order valence-electron chi connectivity index (χ4n) is 5.21. The summed E-state index contributed by atoms with van der Waals surface area (Å²) in [5, 5.41) is 0. The van der Waals surface area contributed by atoms with Crippen molar-refractivity contribution in [1.29, 1.82) is 0 Å². The van der Waals surface area contributed by atoms with Gasteiger partial charge in [0.2, 0.25) is 12.3 Å². The van der Waals surface area contributed by atoms with E-state index in [2.05, 4.69) is 17.0 Å². The van der Waals surface area contributed by atoms with Crippen molar-refractivity contribution >= 4 is 30.2 Å². The van der Waals surface area contributed by atoms with E-state index in [-0.39, 0.29) is 11.8 Å². The Hall–Kier alpha value is -3.48. The zero-order chi connectivity index (χ0) is 22.2. The summed E-state index contributed by atoms with van der Waals surface area (Å²) >= 11 is 0. The second-order valence-electron chi connectivity index (χ2n) is 8.75. The molecule has 1 unspecified atom stereocenters. The van der Waals surface area contributed by atoms with Gasteiger partial charge in [-0.05, 0) is 66.6 Å². The lowest BCUT2D eigenvalue weighted by Crippen LogP contribution is -2.45. The molecule has 1 atom stereocenters.